The van der Waals surface area contributed by atoms with Crippen LogP contribution in [0.3, 0.4) is 0 Å². The molecule has 0 bridgehead atoms. The number of nitrogens with zero attached hydrogens (tertiary/aromatic N) is 2. The molecule has 31 heavy (non-hydrogen) atoms. The summed E-state index contributed by atoms with van der Waals surface area (Å²) >= 11 is 0. The SMILES string of the molecule is CC(C)(C)OC(=O)N1CCN(Cc2c(O)ccc3occ(C(=O)c4ccco4)c23)CC1. The Kier molecular flexibility index (Phi) is 5.49. The van der Waals surface area contributed by atoms with Crippen molar-refractivity contribution in [2.24, 2.45) is 0 Å². The monoisotopic (exact) mass is 426 g/mol. The minimum atomic E-state index is -0.534. The van der Waals surface area contributed by atoms with Gasteiger partial charge in [0.25, 0.3) is 0 Å². The highest BCUT2D eigenvalue weighted by Gasteiger charge is 2.28. The summed E-state index contributed by atoms with van der Waals surface area (Å²) in [5, 5.41) is 11.2. The Balaban J connectivity index is 1.53. The Morgan fingerprint density at radius 2 is 1.84 bits per heavy atom. The van der Waals surface area contributed by atoms with Crippen LogP contribution < -0.4 is 0 Å². The second kappa shape index (κ2) is 8.11. The van der Waals surface area contributed by atoms with Crippen molar-refractivity contribution in [2.45, 2.75) is 32.9 Å². The third-order valence-corrected chi connectivity index (χ3v) is 5.22. The number of ether oxygens (including phenoxy) is 1. The van der Waals surface area contributed by atoms with Crippen molar-refractivity contribution in [3.8, 4) is 5.75 Å². The molecule has 1 amide bonds. The van der Waals surface area contributed by atoms with Crippen molar-refractivity contribution in [2.75, 3.05) is 26.2 Å². The summed E-state index contributed by atoms with van der Waals surface area (Å²) in [4.78, 5) is 29.0. The van der Waals surface area contributed by atoms with E-state index in [2.05, 4.69) is 4.90 Å². The molecule has 0 radical (unpaired) electrons. The number of piperazine rings is 1. The average Bonchev–Trinajstić information content (AvgIpc) is 3.39. The molecule has 2 aromatic heterocycles. The number of benzene rings is 1. The number of furan rings is 2. The molecule has 3 aromatic rings. The predicted molar refractivity (Wildman–Crippen MR) is 113 cm³/mol. The maximum Gasteiger partial charge on any atom is 0.410 e. The first kappa shape index (κ1) is 21.0. The molecule has 0 saturated carbocycles. The normalized spacial score (nSPS) is 15.4. The minimum Gasteiger partial charge on any atom is -0.508 e. The Morgan fingerprint density at radius 3 is 2.48 bits per heavy atom. The van der Waals surface area contributed by atoms with Gasteiger partial charge in [-0.2, -0.15) is 0 Å². The van der Waals surface area contributed by atoms with Crippen molar-refractivity contribution < 1.29 is 28.3 Å². The Labute approximate surface area is 180 Å². The van der Waals surface area contributed by atoms with Crippen molar-refractivity contribution in [1.29, 1.82) is 0 Å². The fourth-order valence-electron chi connectivity index (χ4n) is 3.70. The third-order valence-electron chi connectivity index (χ3n) is 5.22. The van der Waals surface area contributed by atoms with Gasteiger partial charge in [-0.15, -0.1) is 0 Å². The van der Waals surface area contributed by atoms with Gasteiger partial charge in [0, 0.05) is 43.7 Å². The molecule has 1 aliphatic heterocycles. The van der Waals surface area contributed by atoms with Crippen molar-refractivity contribution in [1.82, 2.24) is 9.80 Å². The first-order valence-corrected chi connectivity index (χ1v) is 10.2. The Bertz CT molecular complexity index is 1090. The number of carbonyl (C=O) groups excluding carboxylic acids is 2. The number of aromatic hydroxyl groups is 1. The van der Waals surface area contributed by atoms with Crippen LogP contribution in [0.25, 0.3) is 11.0 Å². The van der Waals surface area contributed by atoms with E-state index in [1.165, 1.54) is 12.5 Å². The van der Waals surface area contributed by atoms with Crippen molar-refractivity contribution in [3.63, 3.8) is 0 Å². The maximum atomic E-state index is 12.9. The Hall–Kier alpha value is -3.26. The zero-order valence-electron chi connectivity index (χ0n) is 17.9. The van der Waals surface area contributed by atoms with Gasteiger partial charge in [-0.05, 0) is 45.0 Å². The zero-order valence-corrected chi connectivity index (χ0v) is 17.9. The smallest absolute Gasteiger partial charge is 0.410 e. The van der Waals surface area contributed by atoms with Crippen LogP contribution >= 0.6 is 0 Å². The molecule has 0 spiro atoms. The molecular formula is C23H26N2O6. The topological polar surface area (TPSA) is 96.4 Å². The van der Waals surface area contributed by atoms with Crippen LogP contribution in [0.1, 0.15) is 42.5 Å². The van der Waals surface area contributed by atoms with E-state index in [-0.39, 0.29) is 23.4 Å². The number of phenolic OH excluding ortho intramolecular Hbond substituents is 1. The predicted octanol–water partition coefficient (Wildman–Crippen LogP) is 4.02. The number of ketones is 1. The summed E-state index contributed by atoms with van der Waals surface area (Å²) < 4.78 is 16.3. The molecule has 0 aliphatic carbocycles. The second-order valence-corrected chi connectivity index (χ2v) is 8.64. The molecular weight excluding hydrogens is 400 g/mol. The van der Waals surface area contributed by atoms with E-state index in [1.807, 2.05) is 20.8 Å². The van der Waals surface area contributed by atoms with Crippen molar-refractivity contribution >= 4 is 22.8 Å². The summed E-state index contributed by atoms with van der Waals surface area (Å²) in [6, 6.07) is 6.46. The van der Waals surface area contributed by atoms with E-state index in [9.17, 15) is 14.7 Å². The third kappa shape index (κ3) is 4.44. The molecule has 8 heteroatoms. The van der Waals surface area contributed by atoms with E-state index in [1.54, 1.807) is 29.2 Å². The fourth-order valence-corrected chi connectivity index (χ4v) is 3.70. The van der Waals surface area contributed by atoms with Crippen LogP contribution in [0.2, 0.25) is 0 Å². The number of fused-ring (bicyclic) bond motifs is 1. The number of hydrogen-bond donors (Lipinski definition) is 1. The number of carbonyl (C=O) groups is 2. The fraction of sp³-hybridized carbons (Fsp3) is 0.391. The van der Waals surface area contributed by atoms with Gasteiger partial charge in [-0.25, -0.2) is 4.79 Å². The number of hydrogen-bond acceptors (Lipinski definition) is 7. The summed E-state index contributed by atoms with van der Waals surface area (Å²) in [5.74, 6) is 0.00489. The van der Waals surface area contributed by atoms with Crippen LogP contribution in [0.4, 0.5) is 4.79 Å². The lowest BCUT2D eigenvalue weighted by Crippen LogP contribution is -2.49. The molecule has 8 nitrogen and oxygen atoms in total. The van der Waals surface area contributed by atoms with Crippen LogP contribution in [-0.4, -0.2) is 58.6 Å². The van der Waals surface area contributed by atoms with Gasteiger partial charge in [-0.1, -0.05) is 0 Å². The molecule has 0 atom stereocenters. The molecule has 0 unspecified atom stereocenters. The van der Waals surface area contributed by atoms with Crippen molar-refractivity contribution in [3.05, 3.63) is 53.7 Å². The molecule has 4 rings (SSSR count). The van der Waals surface area contributed by atoms with E-state index in [0.29, 0.717) is 54.8 Å². The van der Waals surface area contributed by atoms with E-state index in [0.717, 1.165) is 0 Å². The molecule has 1 N–H and O–H groups in total. The van der Waals surface area contributed by atoms with E-state index in [4.69, 9.17) is 13.6 Å². The minimum absolute atomic E-state index is 0.0944. The van der Waals surface area contributed by atoms with Gasteiger partial charge in [0.05, 0.1) is 11.8 Å². The standard InChI is InChI=1S/C23H26N2O6/c1-23(2,3)31-22(28)25-10-8-24(9-11-25)13-15-17(26)6-7-18-20(15)16(14-30-18)21(27)19-5-4-12-29-19/h4-7,12,14,26H,8-11,13H2,1-3H3. The lowest BCUT2D eigenvalue weighted by atomic mass is 10.0. The highest BCUT2D eigenvalue weighted by molar-refractivity contribution is 6.15. The van der Waals surface area contributed by atoms with E-state index >= 15 is 0 Å². The van der Waals surface area contributed by atoms with Gasteiger partial charge in [0.15, 0.2) is 5.76 Å². The van der Waals surface area contributed by atoms with Gasteiger partial charge < -0.3 is 23.6 Å². The van der Waals surface area contributed by atoms with Crippen LogP contribution in [0, 0.1) is 0 Å². The lowest BCUT2D eigenvalue weighted by molar-refractivity contribution is 0.0138. The highest BCUT2D eigenvalue weighted by Crippen LogP contribution is 2.34. The number of rotatable bonds is 4. The Morgan fingerprint density at radius 1 is 1.10 bits per heavy atom. The van der Waals surface area contributed by atoms with Gasteiger partial charge in [-0.3, -0.25) is 9.69 Å². The first-order valence-electron chi connectivity index (χ1n) is 10.2. The summed E-state index contributed by atoms with van der Waals surface area (Å²) in [6.07, 6.45) is 2.52. The quantitative estimate of drug-likeness (QED) is 0.630. The van der Waals surface area contributed by atoms with Crippen LogP contribution in [0.15, 0.2) is 45.6 Å². The second-order valence-electron chi connectivity index (χ2n) is 8.64. The first-order chi connectivity index (χ1) is 14.7. The van der Waals surface area contributed by atoms with Crippen LogP contribution in [0.5, 0.6) is 5.75 Å². The zero-order chi connectivity index (χ0) is 22.2. The van der Waals surface area contributed by atoms with E-state index < -0.39 is 5.60 Å². The molecule has 1 saturated heterocycles. The maximum absolute atomic E-state index is 12.9. The van der Waals surface area contributed by atoms with Gasteiger partial charge in [0.2, 0.25) is 5.78 Å². The number of amides is 1. The molecule has 1 aliphatic rings. The molecule has 1 aromatic carbocycles. The van der Waals surface area contributed by atoms with Gasteiger partial charge >= 0.3 is 6.09 Å². The molecule has 3 heterocycles. The highest BCUT2D eigenvalue weighted by atomic mass is 16.6. The average molecular weight is 426 g/mol. The number of phenols is 1. The summed E-state index contributed by atoms with van der Waals surface area (Å²) in [7, 11) is 0. The van der Waals surface area contributed by atoms with Crippen LogP contribution in [-0.2, 0) is 11.3 Å². The molecule has 164 valence electrons. The largest absolute Gasteiger partial charge is 0.508 e. The van der Waals surface area contributed by atoms with Gasteiger partial charge in [0.1, 0.15) is 23.2 Å². The summed E-state index contributed by atoms with van der Waals surface area (Å²) in [6.45, 7) is 8.24. The summed E-state index contributed by atoms with van der Waals surface area (Å²) in [5.41, 5.74) is 0.957. The molecule has 1 fully saturated rings. The lowest BCUT2D eigenvalue weighted by Gasteiger charge is -2.35.